The third-order valence-corrected chi connectivity index (χ3v) is 6.16. The maximum absolute atomic E-state index is 13.0. The first-order chi connectivity index (χ1) is 17.5. The van der Waals surface area contributed by atoms with Crippen molar-refractivity contribution in [1.29, 1.82) is 5.26 Å². The topological polar surface area (TPSA) is 83.2 Å². The van der Waals surface area contributed by atoms with E-state index < -0.39 is 6.61 Å². The first-order valence-electron chi connectivity index (χ1n) is 11.6. The number of imidazole rings is 1. The number of carbonyl (C=O) groups is 1. The van der Waals surface area contributed by atoms with Gasteiger partial charge < -0.3 is 19.5 Å². The van der Waals surface area contributed by atoms with Gasteiger partial charge in [-0.25, -0.2) is 4.98 Å². The number of anilines is 2. The van der Waals surface area contributed by atoms with Crippen LogP contribution in [0.4, 0.5) is 20.2 Å². The number of nitrogens with zero attached hydrogens (tertiary/aromatic N) is 4. The number of para-hydroxylation sites is 1. The molecule has 0 aliphatic carbocycles. The highest BCUT2D eigenvalue weighted by molar-refractivity contribution is 5.95. The third-order valence-electron chi connectivity index (χ3n) is 6.16. The lowest BCUT2D eigenvalue weighted by Crippen LogP contribution is -2.23. The highest BCUT2D eigenvalue weighted by Crippen LogP contribution is 2.27. The highest BCUT2D eigenvalue weighted by atomic mass is 19.3. The molecular formula is C27H23F2N5O2. The van der Waals surface area contributed by atoms with Crippen molar-refractivity contribution in [2.45, 2.75) is 32.5 Å². The number of carbonyl (C=O) groups excluding carboxylic acids is 1. The van der Waals surface area contributed by atoms with Gasteiger partial charge in [0.15, 0.2) is 0 Å². The summed E-state index contributed by atoms with van der Waals surface area (Å²) < 4.78 is 32.6. The maximum atomic E-state index is 13.0. The van der Waals surface area contributed by atoms with E-state index in [1.54, 1.807) is 41.3 Å². The van der Waals surface area contributed by atoms with Crippen LogP contribution in [0.25, 0.3) is 11.0 Å². The minimum Gasteiger partial charge on any atom is -0.434 e. The number of nitriles is 1. The molecular weight excluding hydrogens is 464 g/mol. The predicted molar refractivity (Wildman–Crippen MR) is 132 cm³/mol. The van der Waals surface area contributed by atoms with Crippen LogP contribution in [0.15, 0.2) is 66.7 Å². The molecule has 182 valence electrons. The van der Waals surface area contributed by atoms with Crippen LogP contribution in [0.2, 0.25) is 0 Å². The van der Waals surface area contributed by atoms with Crippen molar-refractivity contribution in [1.82, 2.24) is 9.55 Å². The van der Waals surface area contributed by atoms with Crippen molar-refractivity contribution in [3.63, 3.8) is 0 Å². The van der Waals surface area contributed by atoms with Gasteiger partial charge in [0.2, 0.25) is 5.91 Å². The molecule has 0 unspecified atom stereocenters. The van der Waals surface area contributed by atoms with E-state index in [0.29, 0.717) is 47.5 Å². The van der Waals surface area contributed by atoms with Gasteiger partial charge in [-0.3, -0.25) is 4.79 Å². The van der Waals surface area contributed by atoms with E-state index in [1.165, 1.54) is 6.07 Å². The van der Waals surface area contributed by atoms with Crippen LogP contribution >= 0.6 is 0 Å². The fourth-order valence-electron chi connectivity index (χ4n) is 4.46. The Hall–Kier alpha value is -4.45. The molecule has 1 aliphatic rings. The molecule has 1 fully saturated rings. The van der Waals surface area contributed by atoms with Gasteiger partial charge in [-0.2, -0.15) is 14.0 Å². The fraction of sp³-hybridized carbons (Fsp3) is 0.222. The Kier molecular flexibility index (Phi) is 6.50. The molecule has 5 rings (SSSR count). The van der Waals surface area contributed by atoms with Crippen LogP contribution in [0.1, 0.15) is 29.8 Å². The normalized spacial score (nSPS) is 13.4. The molecule has 0 saturated carbocycles. The summed E-state index contributed by atoms with van der Waals surface area (Å²) in [5, 5.41) is 12.8. The van der Waals surface area contributed by atoms with Crippen LogP contribution in [0.5, 0.6) is 5.75 Å². The lowest BCUT2D eigenvalue weighted by molar-refractivity contribution is -0.117. The molecule has 1 amide bonds. The van der Waals surface area contributed by atoms with Crippen LogP contribution in [0.3, 0.4) is 0 Å². The summed E-state index contributed by atoms with van der Waals surface area (Å²) in [7, 11) is 0. The molecule has 0 radical (unpaired) electrons. The van der Waals surface area contributed by atoms with E-state index in [0.717, 1.165) is 17.8 Å². The minimum absolute atomic E-state index is 0.0904. The number of halogens is 2. The van der Waals surface area contributed by atoms with Gasteiger partial charge in [-0.1, -0.05) is 24.3 Å². The Morgan fingerprint density at radius 3 is 2.75 bits per heavy atom. The largest absolute Gasteiger partial charge is 0.434 e. The predicted octanol–water partition coefficient (Wildman–Crippen LogP) is 5.30. The number of aromatic nitrogens is 2. The Morgan fingerprint density at radius 1 is 1.11 bits per heavy atom. The number of fused-ring (bicyclic) bond motifs is 1. The zero-order chi connectivity index (χ0) is 25.1. The van der Waals surface area contributed by atoms with Gasteiger partial charge in [0, 0.05) is 29.9 Å². The monoisotopic (exact) mass is 487 g/mol. The van der Waals surface area contributed by atoms with Gasteiger partial charge in [0.1, 0.15) is 11.6 Å². The Morgan fingerprint density at radius 2 is 1.97 bits per heavy atom. The maximum Gasteiger partial charge on any atom is 0.387 e. The second-order valence-electron chi connectivity index (χ2n) is 8.47. The molecule has 4 aromatic rings. The van der Waals surface area contributed by atoms with Gasteiger partial charge in [0.25, 0.3) is 0 Å². The van der Waals surface area contributed by atoms with E-state index in [4.69, 9.17) is 9.72 Å². The second-order valence-corrected chi connectivity index (χ2v) is 8.47. The Balaban J connectivity index is 1.46. The molecule has 0 atom stereocenters. The molecule has 0 spiro atoms. The molecule has 7 nitrogen and oxygen atoms in total. The number of benzene rings is 3. The van der Waals surface area contributed by atoms with Gasteiger partial charge in [-0.15, -0.1) is 0 Å². The summed E-state index contributed by atoms with van der Waals surface area (Å²) in [5.74, 6) is 0.870. The summed E-state index contributed by atoms with van der Waals surface area (Å²) in [6.45, 7) is -1.66. The molecule has 1 saturated heterocycles. The van der Waals surface area contributed by atoms with E-state index >= 15 is 0 Å². The summed E-state index contributed by atoms with van der Waals surface area (Å²) >= 11 is 0. The number of nitrogens with one attached hydrogen (secondary N) is 1. The van der Waals surface area contributed by atoms with Crippen molar-refractivity contribution in [2.75, 3.05) is 16.8 Å². The number of rotatable bonds is 8. The van der Waals surface area contributed by atoms with E-state index in [2.05, 4.69) is 11.4 Å². The lowest BCUT2D eigenvalue weighted by Gasteiger charge is -2.17. The van der Waals surface area contributed by atoms with Crippen molar-refractivity contribution in [3.8, 4) is 11.8 Å². The zero-order valence-corrected chi connectivity index (χ0v) is 19.3. The first kappa shape index (κ1) is 23.3. The minimum atomic E-state index is -2.94. The van der Waals surface area contributed by atoms with E-state index in [9.17, 15) is 18.8 Å². The van der Waals surface area contributed by atoms with Crippen molar-refractivity contribution in [2.24, 2.45) is 0 Å². The molecule has 2 heterocycles. The summed E-state index contributed by atoms with van der Waals surface area (Å²) in [5.41, 5.74) is 4.11. The summed E-state index contributed by atoms with van der Waals surface area (Å²) in [6.07, 6.45) is 1.41. The number of hydrogen-bond acceptors (Lipinski definition) is 5. The number of amides is 1. The van der Waals surface area contributed by atoms with Crippen LogP contribution in [-0.2, 0) is 17.9 Å². The summed E-state index contributed by atoms with van der Waals surface area (Å²) in [6, 6.07) is 21.6. The van der Waals surface area contributed by atoms with Crippen molar-refractivity contribution in [3.05, 3.63) is 83.7 Å². The molecule has 0 bridgehead atoms. The molecule has 1 N–H and O–H groups in total. The fourth-order valence-corrected chi connectivity index (χ4v) is 4.46. The van der Waals surface area contributed by atoms with Gasteiger partial charge in [0.05, 0.1) is 35.8 Å². The lowest BCUT2D eigenvalue weighted by atomic mass is 10.2. The molecule has 1 aliphatic heterocycles. The highest BCUT2D eigenvalue weighted by Gasteiger charge is 2.22. The van der Waals surface area contributed by atoms with E-state index in [1.807, 2.05) is 28.8 Å². The average molecular weight is 488 g/mol. The quantitative estimate of drug-likeness (QED) is 0.365. The molecule has 9 heteroatoms. The Labute approximate surface area is 206 Å². The molecule has 3 aromatic carbocycles. The molecule has 1 aromatic heterocycles. The standard InChI is InChI=1S/C27H23F2N5O2/c28-27(29)36-24-8-2-1-5-19(24)17-34-23-13-18(15-30)10-11-22(23)32-25(34)16-31-20-6-3-7-21(14-20)33-12-4-9-26(33)35/h1-3,5-8,10-11,13-14,27,31H,4,9,12,16-17H2. The van der Waals surface area contributed by atoms with Crippen LogP contribution in [0, 0.1) is 11.3 Å². The second kappa shape index (κ2) is 10.0. The summed E-state index contributed by atoms with van der Waals surface area (Å²) in [4.78, 5) is 18.7. The van der Waals surface area contributed by atoms with Gasteiger partial charge >= 0.3 is 6.61 Å². The van der Waals surface area contributed by atoms with Crippen molar-refractivity contribution < 1.29 is 18.3 Å². The number of hydrogen-bond donors (Lipinski definition) is 1. The average Bonchev–Trinajstić information content (AvgIpc) is 3.46. The first-order valence-corrected chi connectivity index (χ1v) is 11.6. The third kappa shape index (κ3) is 4.84. The number of alkyl halides is 2. The smallest absolute Gasteiger partial charge is 0.387 e. The van der Waals surface area contributed by atoms with E-state index in [-0.39, 0.29) is 18.2 Å². The molecule has 36 heavy (non-hydrogen) atoms. The van der Waals surface area contributed by atoms with Crippen molar-refractivity contribution >= 4 is 28.3 Å². The van der Waals surface area contributed by atoms with Gasteiger partial charge in [-0.05, 0) is 48.9 Å². The zero-order valence-electron chi connectivity index (χ0n) is 19.3. The number of ether oxygens (including phenoxy) is 1. The van der Waals surface area contributed by atoms with Crippen LogP contribution in [-0.4, -0.2) is 28.6 Å². The Bertz CT molecular complexity index is 1460. The van der Waals surface area contributed by atoms with Crippen LogP contribution < -0.4 is 15.0 Å². The SMILES string of the molecule is N#Cc1ccc2nc(CNc3cccc(N4CCCC4=O)c3)n(Cc3ccccc3OC(F)F)c2c1.